The number of fused-ring (bicyclic) bond motifs is 1. The number of benzene rings is 2. The van der Waals surface area contributed by atoms with Crippen molar-refractivity contribution in [2.45, 2.75) is 38.1 Å². The number of hydrogen-bond acceptors (Lipinski definition) is 3. The Balaban J connectivity index is 1.72. The molecule has 142 valence electrons. The third kappa shape index (κ3) is 3.32. The summed E-state index contributed by atoms with van der Waals surface area (Å²) in [4.78, 5) is 14.1. The average Bonchev–Trinajstić information content (AvgIpc) is 3.08. The SMILES string of the molecule is Cc1c(Cl)cccc1C1(Nc2ccc3c(c2)N(C)C(=O)CCC3)CCOC1. The molecule has 1 fully saturated rings. The third-order valence-corrected chi connectivity index (χ3v) is 6.26. The molecule has 0 aromatic heterocycles. The Morgan fingerprint density at radius 1 is 1.22 bits per heavy atom. The minimum atomic E-state index is -0.309. The summed E-state index contributed by atoms with van der Waals surface area (Å²) in [6.45, 7) is 3.37. The molecular formula is C22H25ClN2O2. The van der Waals surface area contributed by atoms with Crippen LogP contribution in [0.4, 0.5) is 11.4 Å². The molecule has 0 radical (unpaired) electrons. The van der Waals surface area contributed by atoms with Gasteiger partial charge in [-0.3, -0.25) is 4.79 Å². The number of ether oxygens (including phenoxy) is 1. The molecule has 1 saturated heterocycles. The summed E-state index contributed by atoms with van der Waals surface area (Å²) in [6, 6.07) is 12.4. The molecule has 2 aromatic carbocycles. The number of nitrogens with zero attached hydrogens (tertiary/aromatic N) is 1. The molecule has 27 heavy (non-hydrogen) atoms. The van der Waals surface area contributed by atoms with Crippen LogP contribution in [0.3, 0.4) is 0 Å². The smallest absolute Gasteiger partial charge is 0.226 e. The number of anilines is 2. The van der Waals surface area contributed by atoms with Crippen molar-refractivity contribution in [3.8, 4) is 0 Å². The molecule has 1 amide bonds. The molecule has 2 heterocycles. The second-order valence-electron chi connectivity index (χ2n) is 7.57. The lowest BCUT2D eigenvalue weighted by molar-refractivity contribution is -0.118. The Kier molecular flexibility index (Phi) is 4.87. The zero-order valence-corrected chi connectivity index (χ0v) is 16.6. The number of amides is 1. The Hall–Kier alpha value is -2.04. The molecule has 2 aliphatic rings. The number of nitrogens with one attached hydrogen (secondary N) is 1. The van der Waals surface area contributed by atoms with Gasteiger partial charge in [0.2, 0.25) is 5.91 Å². The summed E-state index contributed by atoms with van der Waals surface area (Å²) in [5.41, 5.74) is 5.17. The summed E-state index contributed by atoms with van der Waals surface area (Å²) in [5.74, 6) is 0.176. The van der Waals surface area contributed by atoms with Crippen LogP contribution in [0.5, 0.6) is 0 Å². The fourth-order valence-electron chi connectivity index (χ4n) is 4.24. The zero-order chi connectivity index (χ0) is 19.0. The van der Waals surface area contributed by atoms with Gasteiger partial charge in [-0.2, -0.15) is 0 Å². The van der Waals surface area contributed by atoms with E-state index in [9.17, 15) is 4.79 Å². The van der Waals surface area contributed by atoms with Gasteiger partial charge in [-0.05, 0) is 54.7 Å². The van der Waals surface area contributed by atoms with Gasteiger partial charge in [0, 0.05) is 42.9 Å². The second kappa shape index (κ2) is 7.17. The van der Waals surface area contributed by atoms with Crippen molar-refractivity contribution in [1.29, 1.82) is 0 Å². The lowest BCUT2D eigenvalue weighted by Crippen LogP contribution is -2.36. The van der Waals surface area contributed by atoms with Gasteiger partial charge in [0.15, 0.2) is 0 Å². The zero-order valence-electron chi connectivity index (χ0n) is 15.8. The number of carbonyl (C=O) groups is 1. The van der Waals surface area contributed by atoms with Crippen molar-refractivity contribution in [3.63, 3.8) is 0 Å². The van der Waals surface area contributed by atoms with Crippen molar-refractivity contribution in [2.24, 2.45) is 0 Å². The summed E-state index contributed by atoms with van der Waals surface area (Å²) in [5, 5.41) is 4.49. The predicted octanol–water partition coefficient (Wildman–Crippen LogP) is 4.68. The molecule has 2 aliphatic heterocycles. The van der Waals surface area contributed by atoms with E-state index in [1.165, 1.54) is 11.1 Å². The maximum absolute atomic E-state index is 12.3. The number of halogens is 1. The molecular weight excluding hydrogens is 360 g/mol. The molecule has 0 aliphatic carbocycles. The van der Waals surface area contributed by atoms with Crippen molar-refractivity contribution < 1.29 is 9.53 Å². The fraction of sp³-hybridized carbons (Fsp3) is 0.409. The van der Waals surface area contributed by atoms with Crippen LogP contribution < -0.4 is 10.2 Å². The highest BCUT2D eigenvalue weighted by molar-refractivity contribution is 6.31. The molecule has 1 unspecified atom stereocenters. The molecule has 4 nitrogen and oxygen atoms in total. The van der Waals surface area contributed by atoms with Gasteiger partial charge >= 0.3 is 0 Å². The van der Waals surface area contributed by atoms with Crippen LogP contribution in [0, 0.1) is 6.92 Å². The maximum atomic E-state index is 12.3. The van der Waals surface area contributed by atoms with Gasteiger partial charge in [-0.25, -0.2) is 0 Å². The van der Waals surface area contributed by atoms with Gasteiger partial charge in [-0.1, -0.05) is 29.8 Å². The van der Waals surface area contributed by atoms with E-state index in [-0.39, 0.29) is 11.4 Å². The first-order chi connectivity index (χ1) is 13.0. The summed E-state index contributed by atoms with van der Waals surface area (Å²) < 4.78 is 5.78. The maximum Gasteiger partial charge on any atom is 0.226 e. The molecule has 0 spiro atoms. The van der Waals surface area contributed by atoms with Crippen LogP contribution >= 0.6 is 11.6 Å². The standard InChI is InChI=1S/C22H25ClN2O2/c1-15-18(6-4-7-19(15)23)22(11-12-27-14-22)24-17-10-9-16-5-3-8-21(26)25(2)20(16)13-17/h4,6-7,9-10,13,24H,3,5,8,11-12,14H2,1-2H3. The van der Waals surface area contributed by atoms with Crippen molar-refractivity contribution in [3.05, 3.63) is 58.1 Å². The largest absolute Gasteiger partial charge is 0.379 e. The predicted molar refractivity (Wildman–Crippen MR) is 110 cm³/mol. The fourth-order valence-corrected chi connectivity index (χ4v) is 4.42. The molecule has 0 bridgehead atoms. The second-order valence-corrected chi connectivity index (χ2v) is 7.98. The van der Waals surface area contributed by atoms with Crippen LogP contribution in [0.1, 0.15) is 36.0 Å². The van der Waals surface area contributed by atoms with Gasteiger partial charge in [0.05, 0.1) is 12.1 Å². The first-order valence-corrected chi connectivity index (χ1v) is 9.89. The van der Waals surface area contributed by atoms with E-state index in [1.54, 1.807) is 4.90 Å². The Bertz CT molecular complexity index is 875. The van der Waals surface area contributed by atoms with E-state index < -0.39 is 0 Å². The Morgan fingerprint density at radius 2 is 2.07 bits per heavy atom. The highest BCUT2D eigenvalue weighted by Gasteiger charge is 2.38. The minimum Gasteiger partial charge on any atom is -0.379 e. The van der Waals surface area contributed by atoms with E-state index in [2.05, 4.69) is 36.5 Å². The molecule has 4 rings (SSSR count). The van der Waals surface area contributed by atoms with E-state index in [0.717, 1.165) is 41.2 Å². The molecule has 1 N–H and O–H groups in total. The van der Waals surface area contributed by atoms with Crippen molar-refractivity contribution in [2.75, 3.05) is 30.5 Å². The van der Waals surface area contributed by atoms with Gasteiger partial charge in [0.25, 0.3) is 0 Å². The Labute approximate surface area is 165 Å². The van der Waals surface area contributed by atoms with Crippen LogP contribution in [-0.2, 0) is 21.5 Å². The quantitative estimate of drug-likeness (QED) is 0.835. The van der Waals surface area contributed by atoms with Crippen LogP contribution in [0.25, 0.3) is 0 Å². The van der Waals surface area contributed by atoms with Gasteiger partial charge in [-0.15, -0.1) is 0 Å². The summed E-state index contributed by atoms with van der Waals surface area (Å²) in [7, 11) is 1.87. The molecule has 2 aromatic rings. The summed E-state index contributed by atoms with van der Waals surface area (Å²) >= 11 is 6.39. The number of carbonyl (C=O) groups excluding carboxylic acids is 1. The molecule has 0 saturated carbocycles. The van der Waals surface area contributed by atoms with E-state index in [4.69, 9.17) is 16.3 Å². The lowest BCUT2D eigenvalue weighted by atomic mass is 9.85. The third-order valence-electron chi connectivity index (χ3n) is 5.85. The van der Waals surface area contributed by atoms with Crippen LogP contribution in [-0.4, -0.2) is 26.2 Å². The van der Waals surface area contributed by atoms with E-state index in [1.807, 2.05) is 19.2 Å². The first-order valence-electron chi connectivity index (χ1n) is 9.51. The average molecular weight is 385 g/mol. The molecule has 5 heteroatoms. The monoisotopic (exact) mass is 384 g/mol. The highest BCUT2D eigenvalue weighted by Crippen LogP contribution is 2.39. The highest BCUT2D eigenvalue weighted by atomic mass is 35.5. The van der Waals surface area contributed by atoms with Crippen molar-refractivity contribution >= 4 is 28.9 Å². The first kappa shape index (κ1) is 18.3. The number of rotatable bonds is 3. The van der Waals surface area contributed by atoms with Gasteiger partial charge < -0.3 is 15.0 Å². The van der Waals surface area contributed by atoms with E-state index >= 15 is 0 Å². The van der Waals surface area contributed by atoms with Crippen molar-refractivity contribution in [1.82, 2.24) is 0 Å². The van der Waals surface area contributed by atoms with E-state index in [0.29, 0.717) is 19.6 Å². The number of hydrogen-bond donors (Lipinski definition) is 1. The topological polar surface area (TPSA) is 41.6 Å². The van der Waals surface area contributed by atoms with Crippen LogP contribution in [0.15, 0.2) is 36.4 Å². The van der Waals surface area contributed by atoms with Crippen LogP contribution in [0.2, 0.25) is 5.02 Å². The minimum absolute atomic E-state index is 0.176. The number of aryl methyl sites for hydroxylation is 1. The lowest BCUT2D eigenvalue weighted by Gasteiger charge is -2.33. The Morgan fingerprint density at radius 3 is 2.85 bits per heavy atom. The summed E-state index contributed by atoms with van der Waals surface area (Å²) in [6.07, 6.45) is 3.32. The van der Waals surface area contributed by atoms with Gasteiger partial charge in [0.1, 0.15) is 0 Å². The normalized spacial score (nSPS) is 22.5. The molecule has 1 atom stereocenters.